The smallest absolute Gasteiger partial charge is 0.0573 e. The Morgan fingerprint density at radius 1 is 1.33 bits per heavy atom. The quantitative estimate of drug-likeness (QED) is 0.801. The molecule has 2 heteroatoms. The highest BCUT2D eigenvalue weighted by atomic mass is 14.9. The summed E-state index contributed by atoms with van der Waals surface area (Å²) in [5, 5.41) is 3.51. The zero-order valence-corrected chi connectivity index (χ0v) is 10.2. The van der Waals surface area contributed by atoms with Crippen molar-refractivity contribution in [2.24, 2.45) is 5.92 Å². The first kappa shape index (κ1) is 12.2. The van der Waals surface area contributed by atoms with Gasteiger partial charge in [-0.3, -0.25) is 4.98 Å². The maximum absolute atomic E-state index is 4.42. The van der Waals surface area contributed by atoms with Gasteiger partial charge in [-0.25, -0.2) is 0 Å². The van der Waals surface area contributed by atoms with Crippen LogP contribution in [0.1, 0.15) is 39.0 Å². The molecule has 0 amide bonds. The molecule has 1 N–H and O–H groups in total. The van der Waals surface area contributed by atoms with Crippen molar-refractivity contribution in [1.29, 1.82) is 0 Å². The molecule has 1 heterocycles. The van der Waals surface area contributed by atoms with Crippen molar-refractivity contribution in [2.75, 3.05) is 0 Å². The van der Waals surface area contributed by atoms with E-state index in [9.17, 15) is 0 Å². The van der Waals surface area contributed by atoms with Gasteiger partial charge in [-0.15, -0.1) is 0 Å². The number of aromatic nitrogens is 1. The lowest BCUT2D eigenvalue weighted by molar-refractivity contribution is 0.423. The summed E-state index contributed by atoms with van der Waals surface area (Å²) < 4.78 is 0. The molecule has 1 atom stereocenters. The van der Waals surface area contributed by atoms with E-state index in [4.69, 9.17) is 0 Å². The van der Waals surface area contributed by atoms with Crippen molar-refractivity contribution < 1.29 is 0 Å². The molecule has 1 rings (SSSR count). The van der Waals surface area contributed by atoms with Crippen molar-refractivity contribution >= 4 is 0 Å². The summed E-state index contributed by atoms with van der Waals surface area (Å²) in [7, 11) is 0. The molecule has 84 valence electrons. The minimum absolute atomic E-state index is 0.539. The number of pyridine rings is 1. The predicted octanol–water partition coefficient (Wildman–Crippen LogP) is 2.78. The van der Waals surface area contributed by atoms with Crippen LogP contribution in [0, 0.1) is 5.92 Å². The van der Waals surface area contributed by atoms with Gasteiger partial charge in [0.1, 0.15) is 0 Å². The average molecular weight is 206 g/mol. The summed E-state index contributed by atoms with van der Waals surface area (Å²) in [5.74, 6) is 0.666. The summed E-state index contributed by atoms with van der Waals surface area (Å²) in [4.78, 5) is 4.42. The fourth-order valence-corrected chi connectivity index (χ4v) is 1.45. The van der Waals surface area contributed by atoms with E-state index in [2.05, 4.69) is 44.1 Å². The Kier molecular flexibility index (Phi) is 4.76. The molecule has 0 saturated carbocycles. The van der Waals surface area contributed by atoms with Crippen molar-refractivity contribution in [3.8, 4) is 0 Å². The van der Waals surface area contributed by atoms with E-state index in [1.54, 1.807) is 0 Å². The number of nitrogens with zero attached hydrogens (tertiary/aromatic N) is 1. The summed E-state index contributed by atoms with van der Waals surface area (Å²) in [5.41, 5.74) is 2.54. The fourth-order valence-electron chi connectivity index (χ4n) is 1.45. The standard InChI is InChI=1S/C13H22N2/c1-5-12-7-6-8-14-13(12)9-15-11(4)10(2)3/h6-8,10-11,15H,5,9H2,1-4H3. The molecule has 0 aliphatic heterocycles. The Morgan fingerprint density at radius 3 is 2.67 bits per heavy atom. The van der Waals surface area contributed by atoms with Gasteiger partial charge >= 0.3 is 0 Å². The van der Waals surface area contributed by atoms with Gasteiger partial charge < -0.3 is 5.32 Å². The van der Waals surface area contributed by atoms with Crippen molar-refractivity contribution in [3.05, 3.63) is 29.6 Å². The summed E-state index contributed by atoms with van der Waals surface area (Å²) >= 11 is 0. The lowest BCUT2D eigenvalue weighted by atomic mass is 10.1. The fraction of sp³-hybridized carbons (Fsp3) is 0.615. The average Bonchev–Trinajstić information content (AvgIpc) is 2.26. The highest BCUT2D eigenvalue weighted by Crippen LogP contribution is 2.07. The van der Waals surface area contributed by atoms with Gasteiger partial charge in [0.15, 0.2) is 0 Å². The zero-order chi connectivity index (χ0) is 11.3. The van der Waals surface area contributed by atoms with Crippen LogP contribution in [0.2, 0.25) is 0 Å². The largest absolute Gasteiger partial charge is 0.308 e. The van der Waals surface area contributed by atoms with Crippen LogP contribution in [0.4, 0.5) is 0 Å². The van der Waals surface area contributed by atoms with Gasteiger partial charge in [-0.05, 0) is 30.9 Å². The van der Waals surface area contributed by atoms with Crippen molar-refractivity contribution in [1.82, 2.24) is 10.3 Å². The van der Waals surface area contributed by atoms with Crippen LogP contribution in [-0.4, -0.2) is 11.0 Å². The highest BCUT2D eigenvalue weighted by molar-refractivity contribution is 5.19. The topological polar surface area (TPSA) is 24.9 Å². The van der Waals surface area contributed by atoms with E-state index in [-0.39, 0.29) is 0 Å². The maximum Gasteiger partial charge on any atom is 0.0573 e. The number of rotatable bonds is 5. The molecule has 1 unspecified atom stereocenters. The molecule has 2 nitrogen and oxygen atoms in total. The van der Waals surface area contributed by atoms with Gasteiger partial charge in [0, 0.05) is 18.8 Å². The maximum atomic E-state index is 4.42. The van der Waals surface area contributed by atoms with Crippen LogP contribution in [0.3, 0.4) is 0 Å². The third kappa shape index (κ3) is 3.63. The molecule has 0 bridgehead atoms. The number of nitrogens with one attached hydrogen (secondary N) is 1. The lowest BCUT2D eigenvalue weighted by Crippen LogP contribution is -2.30. The van der Waals surface area contributed by atoms with E-state index in [0.717, 1.165) is 13.0 Å². The van der Waals surface area contributed by atoms with Crippen LogP contribution >= 0.6 is 0 Å². The summed E-state index contributed by atoms with van der Waals surface area (Å²) in [6.07, 6.45) is 2.93. The zero-order valence-electron chi connectivity index (χ0n) is 10.2. The lowest BCUT2D eigenvalue weighted by Gasteiger charge is -2.17. The van der Waals surface area contributed by atoms with Crippen LogP contribution in [0.15, 0.2) is 18.3 Å². The second-order valence-electron chi connectivity index (χ2n) is 4.38. The van der Waals surface area contributed by atoms with Crippen LogP contribution < -0.4 is 5.32 Å². The minimum atomic E-state index is 0.539. The number of hydrogen-bond acceptors (Lipinski definition) is 2. The molecule has 0 aliphatic rings. The first-order valence-electron chi connectivity index (χ1n) is 5.81. The minimum Gasteiger partial charge on any atom is -0.308 e. The first-order chi connectivity index (χ1) is 7.15. The Bertz CT molecular complexity index is 294. The van der Waals surface area contributed by atoms with E-state index in [1.165, 1.54) is 11.3 Å². The van der Waals surface area contributed by atoms with Gasteiger partial charge in [-0.1, -0.05) is 26.8 Å². The summed E-state index contributed by atoms with van der Waals surface area (Å²) in [6.45, 7) is 9.74. The van der Waals surface area contributed by atoms with Gasteiger partial charge in [-0.2, -0.15) is 0 Å². The SMILES string of the molecule is CCc1cccnc1CNC(C)C(C)C. The van der Waals surface area contributed by atoms with Crippen molar-refractivity contribution in [2.45, 2.75) is 46.7 Å². The molecule has 0 aliphatic carbocycles. The number of hydrogen-bond donors (Lipinski definition) is 1. The second kappa shape index (κ2) is 5.86. The molecule has 0 aromatic carbocycles. The molecule has 15 heavy (non-hydrogen) atoms. The number of aryl methyl sites for hydroxylation is 1. The molecular weight excluding hydrogens is 184 g/mol. The third-order valence-electron chi connectivity index (χ3n) is 2.96. The molecule has 1 aromatic rings. The van der Waals surface area contributed by atoms with Gasteiger partial charge in [0.25, 0.3) is 0 Å². The predicted molar refractivity (Wildman–Crippen MR) is 64.8 cm³/mol. The van der Waals surface area contributed by atoms with E-state index >= 15 is 0 Å². The van der Waals surface area contributed by atoms with Crippen LogP contribution in [0.5, 0.6) is 0 Å². The second-order valence-corrected chi connectivity index (χ2v) is 4.38. The Hall–Kier alpha value is -0.890. The summed E-state index contributed by atoms with van der Waals surface area (Å²) in [6, 6.07) is 4.70. The molecule has 0 spiro atoms. The van der Waals surface area contributed by atoms with Gasteiger partial charge in [0.05, 0.1) is 5.69 Å². The Balaban J connectivity index is 2.57. The third-order valence-corrected chi connectivity index (χ3v) is 2.96. The molecule has 0 saturated heterocycles. The van der Waals surface area contributed by atoms with E-state index < -0.39 is 0 Å². The molecule has 0 fully saturated rings. The van der Waals surface area contributed by atoms with E-state index in [0.29, 0.717) is 12.0 Å². The monoisotopic (exact) mass is 206 g/mol. The highest BCUT2D eigenvalue weighted by Gasteiger charge is 2.07. The van der Waals surface area contributed by atoms with Crippen LogP contribution in [0.25, 0.3) is 0 Å². The molecular formula is C13H22N2. The molecule has 0 radical (unpaired) electrons. The van der Waals surface area contributed by atoms with E-state index in [1.807, 2.05) is 12.3 Å². The Morgan fingerprint density at radius 2 is 2.07 bits per heavy atom. The first-order valence-corrected chi connectivity index (χ1v) is 5.81. The molecule has 1 aromatic heterocycles. The normalized spacial score (nSPS) is 13.1. The Labute approximate surface area is 93.1 Å². The van der Waals surface area contributed by atoms with Gasteiger partial charge in [0.2, 0.25) is 0 Å². The van der Waals surface area contributed by atoms with Crippen molar-refractivity contribution in [3.63, 3.8) is 0 Å². The van der Waals surface area contributed by atoms with Crippen LogP contribution in [-0.2, 0) is 13.0 Å².